The first-order valence-electron chi connectivity index (χ1n) is 18.3. The van der Waals surface area contributed by atoms with E-state index in [4.69, 9.17) is 0 Å². The van der Waals surface area contributed by atoms with Gasteiger partial charge in [-0.25, -0.2) is 0 Å². The molecule has 0 atom stereocenters. The molecule has 0 saturated heterocycles. The Morgan fingerprint density at radius 2 is 0.906 bits per heavy atom. The maximum Gasteiger partial charge on any atom is 0.0474 e. The van der Waals surface area contributed by atoms with Crippen LogP contribution in [0, 0.1) is 0 Å². The van der Waals surface area contributed by atoms with Crippen LogP contribution in [0.4, 0.5) is 17.1 Å². The zero-order valence-corrected chi connectivity index (χ0v) is 30.6. The van der Waals surface area contributed by atoms with Gasteiger partial charge in [-0.3, -0.25) is 0 Å². The molecule has 0 fully saturated rings. The lowest BCUT2D eigenvalue weighted by Gasteiger charge is -2.29. The number of nitrogens with zero attached hydrogens (tertiary/aromatic N) is 1. The van der Waals surface area contributed by atoms with Crippen LogP contribution in [0.5, 0.6) is 0 Å². The summed E-state index contributed by atoms with van der Waals surface area (Å²) in [5, 5.41) is 2.65. The highest BCUT2D eigenvalue weighted by Crippen LogP contribution is 2.54. The number of benzene rings is 8. The minimum Gasteiger partial charge on any atom is -0.310 e. The summed E-state index contributed by atoms with van der Waals surface area (Å²) in [6.45, 7) is 4.75. The van der Waals surface area contributed by atoms with E-state index in [9.17, 15) is 0 Å². The van der Waals surface area contributed by atoms with Gasteiger partial charge < -0.3 is 4.90 Å². The molecule has 0 bridgehead atoms. The molecule has 0 N–H and O–H groups in total. The van der Waals surface area contributed by atoms with Gasteiger partial charge in [0, 0.05) is 42.6 Å². The fraction of sp³-hybridized carbons (Fsp3) is 0.0588. The Bertz CT molecular complexity index is 2780. The third-order valence-electron chi connectivity index (χ3n) is 11.0. The number of thiophene rings is 1. The van der Waals surface area contributed by atoms with Crippen molar-refractivity contribution in [3.8, 4) is 44.5 Å². The molecule has 252 valence electrons. The zero-order valence-electron chi connectivity index (χ0n) is 29.8. The van der Waals surface area contributed by atoms with Gasteiger partial charge in [0.25, 0.3) is 0 Å². The molecule has 53 heavy (non-hydrogen) atoms. The first-order chi connectivity index (χ1) is 26.0. The fourth-order valence-electron chi connectivity index (χ4n) is 8.47. The van der Waals surface area contributed by atoms with Gasteiger partial charge in [0.15, 0.2) is 0 Å². The predicted molar refractivity (Wildman–Crippen MR) is 228 cm³/mol. The van der Waals surface area contributed by atoms with Crippen molar-refractivity contribution in [2.24, 2.45) is 0 Å². The Hall–Kier alpha value is -6.22. The summed E-state index contributed by atoms with van der Waals surface area (Å²) in [5.41, 5.74) is 16.0. The minimum absolute atomic E-state index is 0.131. The third-order valence-corrected chi connectivity index (χ3v) is 12.2. The topological polar surface area (TPSA) is 3.24 Å². The van der Waals surface area contributed by atoms with E-state index >= 15 is 0 Å². The fourth-order valence-corrected chi connectivity index (χ4v) is 9.56. The van der Waals surface area contributed by atoms with E-state index < -0.39 is 0 Å². The van der Waals surface area contributed by atoms with Crippen molar-refractivity contribution in [1.29, 1.82) is 0 Å². The molecule has 9 aromatic rings. The maximum absolute atomic E-state index is 2.43. The van der Waals surface area contributed by atoms with Gasteiger partial charge in [-0.05, 0) is 110 Å². The van der Waals surface area contributed by atoms with Gasteiger partial charge in [0.05, 0.1) is 0 Å². The van der Waals surface area contributed by atoms with E-state index in [0.717, 1.165) is 17.1 Å². The lowest BCUT2D eigenvalue weighted by Crippen LogP contribution is -2.17. The summed E-state index contributed by atoms with van der Waals surface area (Å²) in [6.07, 6.45) is 0. The number of fused-ring (bicyclic) bond motifs is 6. The second kappa shape index (κ2) is 12.5. The molecular weight excluding hydrogens is 659 g/mol. The highest BCUT2D eigenvalue weighted by atomic mass is 32.1. The van der Waals surface area contributed by atoms with Gasteiger partial charge in [-0.2, -0.15) is 0 Å². The minimum atomic E-state index is -0.131. The standard InChI is InChI=1S/C51H37NS/c1-51(2)47-19-11-9-17-42(47)46-33-41(32-44(50(46)51)37-15-7-4-8-16-37)52(39-26-21-35(22-27-39)34-13-5-3-6-14-34)40-28-23-36(24-29-40)38-25-30-49-45(31-38)43-18-10-12-20-48(43)53-49/h3-33H,1-2H3. The first kappa shape index (κ1) is 31.5. The van der Waals surface area contributed by atoms with Crippen LogP contribution < -0.4 is 4.90 Å². The van der Waals surface area contributed by atoms with E-state index in [2.05, 4.69) is 207 Å². The van der Waals surface area contributed by atoms with Crippen LogP contribution in [0.3, 0.4) is 0 Å². The number of rotatable bonds is 6. The zero-order chi connectivity index (χ0) is 35.5. The molecule has 0 unspecified atom stereocenters. The summed E-state index contributed by atoms with van der Waals surface area (Å²) in [7, 11) is 0. The largest absolute Gasteiger partial charge is 0.310 e. The monoisotopic (exact) mass is 695 g/mol. The SMILES string of the molecule is CC1(C)c2ccccc2-c2cc(N(c3ccc(-c4ccccc4)cc3)c3ccc(-c4ccc5sc6ccccc6c5c4)cc3)cc(-c3ccccc3)c21. The van der Waals surface area contributed by atoms with Crippen LogP contribution in [-0.2, 0) is 5.41 Å². The first-order valence-corrected chi connectivity index (χ1v) is 19.2. The van der Waals surface area contributed by atoms with Crippen LogP contribution in [-0.4, -0.2) is 0 Å². The molecule has 1 heterocycles. The molecule has 0 radical (unpaired) electrons. The third kappa shape index (κ3) is 5.29. The Balaban J connectivity index is 1.14. The van der Waals surface area contributed by atoms with Gasteiger partial charge in [0.1, 0.15) is 0 Å². The average molecular weight is 696 g/mol. The van der Waals surface area contributed by atoms with Gasteiger partial charge >= 0.3 is 0 Å². The van der Waals surface area contributed by atoms with Crippen molar-refractivity contribution in [3.63, 3.8) is 0 Å². The average Bonchev–Trinajstić information content (AvgIpc) is 3.70. The number of anilines is 3. The van der Waals surface area contributed by atoms with E-state index in [1.165, 1.54) is 75.8 Å². The Labute approximate surface area is 315 Å². The van der Waals surface area contributed by atoms with Crippen LogP contribution in [0.25, 0.3) is 64.7 Å². The summed E-state index contributed by atoms with van der Waals surface area (Å²) in [6, 6.07) is 69.1. The quantitative estimate of drug-likeness (QED) is 0.167. The number of hydrogen-bond acceptors (Lipinski definition) is 2. The molecule has 2 heteroatoms. The van der Waals surface area contributed by atoms with E-state index in [1.807, 2.05) is 11.3 Å². The molecule has 0 spiro atoms. The summed E-state index contributed by atoms with van der Waals surface area (Å²) in [5.74, 6) is 0. The van der Waals surface area contributed by atoms with Gasteiger partial charge in [-0.15, -0.1) is 11.3 Å². The van der Waals surface area contributed by atoms with Gasteiger partial charge in [0.2, 0.25) is 0 Å². The normalized spacial score (nSPS) is 12.9. The van der Waals surface area contributed by atoms with E-state index in [-0.39, 0.29) is 5.41 Å². The Morgan fingerprint density at radius 1 is 0.377 bits per heavy atom. The van der Waals surface area contributed by atoms with Crippen molar-refractivity contribution in [2.45, 2.75) is 19.3 Å². The van der Waals surface area contributed by atoms with Crippen molar-refractivity contribution in [2.75, 3.05) is 4.90 Å². The summed E-state index contributed by atoms with van der Waals surface area (Å²) < 4.78 is 2.66. The van der Waals surface area contributed by atoms with Crippen LogP contribution in [0.2, 0.25) is 0 Å². The molecule has 0 saturated carbocycles. The molecule has 8 aromatic carbocycles. The Kier molecular flexibility index (Phi) is 7.42. The molecule has 1 nitrogen and oxygen atoms in total. The summed E-state index contributed by atoms with van der Waals surface area (Å²) in [4.78, 5) is 2.43. The van der Waals surface area contributed by atoms with Crippen LogP contribution >= 0.6 is 11.3 Å². The smallest absolute Gasteiger partial charge is 0.0474 e. The summed E-state index contributed by atoms with van der Waals surface area (Å²) >= 11 is 1.86. The second-order valence-corrected chi connectivity index (χ2v) is 15.6. The van der Waals surface area contributed by atoms with Gasteiger partial charge in [-0.1, -0.05) is 147 Å². The van der Waals surface area contributed by atoms with Crippen molar-refractivity contribution < 1.29 is 0 Å². The van der Waals surface area contributed by atoms with Crippen LogP contribution in [0.15, 0.2) is 188 Å². The molecular formula is C51H37NS. The van der Waals surface area contributed by atoms with Crippen LogP contribution in [0.1, 0.15) is 25.0 Å². The molecule has 1 aliphatic rings. The molecule has 0 aliphatic heterocycles. The second-order valence-electron chi connectivity index (χ2n) is 14.6. The highest BCUT2D eigenvalue weighted by molar-refractivity contribution is 7.25. The van der Waals surface area contributed by atoms with Crippen molar-refractivity contribution in [1.82, 2.24) is 0 Å². The number of hydrogen-bond donors (Lipinski definition) is 0. The Morgan fingerprint density at radius 3 is 1.62 bits per heavy atom. The van der Waals surface area contributed by atoms with E-state index in [0.29, 0.717) is 0 Å². The van der Waals surface area contributed by atoms with E-state index in [1.54, 1.807) is 0 Å². The molecule has 0 amide bonds. The molecule has 10 rings (SSSR count). The maximum atomic E-state index is 2.43. The van der Waals surface area contributed by atoms with Crippen molar-refractivity contribution >= 4 is 48.6 Å². The lowest BCUT2D eigenvalue weighted by atomic mass is 9.78. The molecule has 1 aliphatic carbocycles. The lowest BCUT2D eigenvalue weighted by molar-refractivity contribution is 0.662. The predicted octanol–water partition coefficient (Wildman–Crippen LogP) is 14.8. The highest BCUT2D eigenvalue weighted by Gasteiger charge is 2.38. The molecule has 1 aromatic heterocycles. The van der Waals surface area contributed by atoms with Crippen molar-refractivity contribution in [3.05, 3.63) is 199 Å².